The van der Waals surface area contributed by atoms with Crippen LogP contribution in [0.15, 0.2) is 58.6 Å². The number of aromatic nitrogens is 2. The van der Waals surface area contributed by atoms with Gasteiger partial charge in [0.2, 0.25) is 17.6 Å². The Labute approximate surface area is 164 Å². The topological polar surface area (TPSA) is 68.0 Å². The predicted octanol–water partition coefficient (Wildman–Crippen LogP) is 4.83. The minimum atomic E-state index is 0.0290. The van der Waals surface area contributed by atoms with Gasteiger partial charge in [0.1, 0.15) is 0 Å². The zero-order valence-corrected chi connectivity index (χ0v) is 16.0. The summed E-state index contributed by atoms with van der Waals surface area (Å²) in [4.78, 5) is 16.6. The number of allylic oxidation sites excluding steroid dienone is 1. The molecule has 2 aromatic carbocycles. The molecule has 1 amide bonds. The van der Waals surface area contributed by atoms with Crippen LogP contribution in [-0.2, 0) is 11.2 Å². The summed E-state index contributed by atoms with van der Waals surface area (Å²) in [5.74, 6) is 1.09. The summed E-state index contributed by atoms with van der Waals surface area (Å²) in [6, 6.07) is 14.2. The molecule has 28 heavy (non-hydrogen) atoms. The number of carbonyl (C=O) groups is 1. The van der Waals surface area contributed by atoms with Crippen molar-refractivity contribution in [3.63, 3.8) is 0 Å². The normalized spacial score (nSPS) is 14.1. The molecular weight excluding hydrogens is 350 g/mol. The van der Waals surface area contributed by atoms with Crippen LogP contribution in [0.2, 0.25) is 0 Å². The van der Waals surface area contributed by atoms with Gasteiger partial charge in [-0.2, -0.15) is 4.98 Å². The van der Waals surface area contributed by atoms with E-state index < -0.39 is 0 Å². The Bertz CT molecular complexity index is 985. The highest BCUT2D eigenvalue weighted by Gasteiger charge is 2.13. The maximum Gasteiger partial charge on any atom is 0.227 e. The molecule has 0 radical (unpaired) electrons. The number of hydrogen-bond acceptors (Lipinski definition) is 4. The van der Waals surface area contributed by atoms with Crippen LogP contribution in [0, 0.1) is 0 Å². The lowest BCUT2D eigenvalue weighted by molar-refractivity contribution is -0.121. The van der Waals surface area contributed by atoms with E-state index >= 15 is 0 Å². The van der Waals surface area contributed by atoms with Crippen LogP contribution in [0.4, 0.5) is 0 Å². The molecule has 0 atom stereocenters. The minimum absolute atomic E-state index is 0.0290. The fraction of sp³-hybridized carbons (Fsp3) is 0.348. The van der Waals surface area contributed by atoms with E-state index in [0.29, 0.717) is 31.1 Å². The highest BCUT2D eigenvalue weighted by Crippen LogP contribution is 2.26. The summed E-state index contributed by atoms with van der Waals surface area (Å²) in [7, 11) is 0. The lowest BCUT2D eigenvalue weighted by Crippen LogP contribution is -2.25. The first-order valence-electron chi connectivity index (χ1n) is 10.0. The third-order valence-corrected chi connectivity index (χ3v) is 5.22. The number of hydrogen-bond donors (Lipinski definition) is 1. The Kier molecular flexibility index (Phi) is 5.80. The molecule has 0 saturated carbocycles. The number of aryl methyl sites for hydroxylation is 1. The van der Waals surface area contributed by atoms with E-state index in [1.807, 2.05) is 24.3 Å². The van der Waals surface area contributed by atoms with Crippen molar-refractivity contribution in [2.24, 2.45) is 0 Å². The Morgan fingerprint density at radius 2 is 1.96 bits per heavy atom. The summed E-state index contributed by atoms with van der Waals surface area (Å²) >= 11 is 0. The molecule has 0 saturated heterocycles. The van der Waals surface area contributed by atoms with E-state index in [1.165, 1.54) is 31.3 Å². The molecule has 5 heteroatoms. The van der Waals surface area contributed by atoms with Gasteiger partial charge in [-0.1, -0.05) is 59.3 Å². The third kappa shape index (κ3) is 4.47. The molecule has 3 aromatic rings. The molecular formula is C23H25N3O2. The van der Waals surface area contributed by atoms with Gasteiger partial charge in [-0.15, -0.1) is 0 Å². The number of carbonyl (C=O) groups excluding carboxylic acids is 1. The fourth-order valence-corrected chi connectivity index (χ4v) is 3.69. The molecule has 1 aliphatic rings. The second-order valence-corrected chi connectivity index (χ2v) is 7.25. The van der Waals surface area contributed by atoms with Crippen molar-refractivity contribution in [2.75, 3.05) is 6.54 Å². The highest BCUT2D eigenvalue weighted by atomic mass is 16.5. The van der Waals surface area contributed by atoms with Gasteiger partial charge in [-0.05, 0) is 42.9 Å². The molecule has 0 fully saturated rings. The molecule has 1 N–H and O–H groups in total. The SMILES string of the molecule is O=C(CCc1nc(-c2cccc3ccccc23)no1)NCCC1=CCCCC1. The zero-order chi connectivity index (χ0) is 19.2. The Balaban J connectivity index is 1.31. The largest absolute Gasteiger partial charge is 0.356 e. The van der Waals surface area contributed by atoms with E-state index in [1.54, 1.807) is 0 Å². The first kappa shape index (κ1) is 18.4. The molecule has 0 unspecified atom stereocenters. The fourth-order valence-electron chi connectivity index (χ4n) is 3.69. The van der Waals surface area contributed by atoms with Crippen LogP contribution in [0.1, 0.15) is 44.4 Å². The van der Waals surface area contributed by atoms with Crippen LogP contribution in [0.5, 0.6) is 0 Å². The summed E-state index contributed by atoms with van der Waals surface area (Å²) in [6.07, 6.45) is 9.01. The van der Waals surface area contributed by atoms with Gasteiger partial charge in [0.15, 0.2) is 0 Å². The van der Waals surface area contributed by atoms with Gasteiger partial charge in [-0.3, -0.25) is 4.79 Å². The second-order valence-electron chi connectivity index (χ2n) is 7.25. The quantitative estimate of drug-likeness (QED) is 0.601. The van der Waals surface area contributed by atoms with Crippen molar-refractivity contribution in [1.82, 2.24) is 15.5 Å². The molecule has 1 heterocycles. The average molecular weight is 375 g/mol. The lowest BCUT2D eigenvalue weighted by Gasteiger charge is -2.12. The van der Waals surface area contributed by atoms with Crippen molar-refractivity contribution < 1.29 is 9.32 Å². The number of nitrogens with zero attached hydrogens (tertiary/aromatic N) is 2. The Morgan fingerprint density at radius 3 is 2.86 bits per heavy atom. The molecule has 0 spiro atoms. The zero-order valence-electron chi connectivity index (χ0n) is 16.0. The molecule has 144 valence electrons. The second kappa shape index (κ2) is 8.83. The monoisotopic (exact) mass is 375 g/mol. The van der Waals surface area contributed by atoms with E-state index in [4.69, 9.17) is 4.52 Å². The number of amides is 1. The van der Waals surface area contributed by atoms with Crippen molar-refractivity contribution >= 4 is 16.7 Å². The number of fused-ring (bicyclic) bond motifs is 1. The first-order chi connectivity index (χ1) is 13.8. The van der Waals surface area contributed by atoms with Gasteiger partial charge in [0.25, 0.3) is 0 Å². The summed E-state index contributed by atoms with van der Waals surface area (Å²) in [5, 5.41) is 9.33. The van der Waals surface area contributed by atoms with E-state index in [-0.39, 0.29) is 5.91 Å². The van der Waals surface area contributed by atoms with Crippen molar-refractivity contribution in [3.8, 4) is 11.4 Å². The van der Waals surface area contributed by atoms with Crippen LogP contribution in [0.3, 0.4) is 0 Å². The Hall–Kier alpha value is -2.95. The highest BCUT2D eigenvalue weighted by molar-refractivity contribution is 5.94. The van der Waals surface area contributed by atoms with E-state index in [0.717, 1.165) is 22.8 Å². The van der Waals surface area contributed by atoms with Crippen LogP contribution in [-0.4, -0.2) is 22.6 Å². The van der Waals surface area contributed by atoms with Crippen LogP contribution in [0.25, 0.3) is 22.2 Å². The molecule has 4 rings (SSSR count). The molecule has 0 aliphatic heterocycles. The smallest absolute Gasteiger partial charge is 0.227 e. The van der Waals surface area contributed by atoms with Gasteiger partial charge >= 0.3 is 0 Å². The van der Waals surface area contributed by atoms with Crippen LogP contribution >= 0.6 is 0 Å². The molecule has 1 aliphatic carbocycles. The van der Waals surface area contributed by atoms with E-state index in [9.17, 15) is 4.79 Å². The molecule has 1 aromatic heterocycles. The Morgan fingerprint density at radius 1 is 1.07 bits per heavy atom. The van der Waals surface area contributed by atoms with Gasteiger partial charge in [-0.25, -0.2) is 0 Å². The molecule has 0 bridgehead atoms. The van der Waals surface area contributed by atoms with Gasteiger partial charge in [0, 0.05) is 24.9 Å². The summed E-state index contributed by atoms with van der Waals surface area (Å²) in [5.41, 5.74) is 2.42. The van der Waals surface area contributed by atoms with E-state index in [2.05, 4.69) is 39.7 Å². The number of benzene rings is 2. The van der Waals surface area contributed by atoms with Gasteiger partial charge < -0.3 is 9.84 Å². The van der Waals surface area contributed by atoms with Crippen molar-refractivity contribution in [1.29, 1.82) is 0 Å². The average Bonchev–Trinajstić information content (AvgIpc) is 3.21. The maximum absolute atomic E-state index is 12.1. The molecule has 5 nitrogen and oxygen atoms in total. The minimum Gasteiger partial charge on any atom is -0.356 e. The lowest BCUT2D eigenvalue weighted by atomic mass is 9.97. The summed E-state index contributed by atoms with van der Waals surface area (Å²) < 4.78 is 5.37. The number of rotatable bonds is 7. The summed E-state index contributed by atoms with van der Waals surface area (Å²) in [6.45, 7) is 0.704. The van der Waals surface area contributed by atoms with Crippen molar-refractivity contribution in [3.05, 3.63) is 60.0 Å². The van der Waals surface area contributed by atoms with Crippen molar-refractivity contribution in [2.45, 2.75) is 44.9 Å². The first-order valence-corrected chi connectivity index (χ1v) is 10.0. The maximum atomic E-state index is 12.1. The predicted molar refractivity (Wildman–Crippen MR) is 110 cm³/mol. The third-order valence-electron chi connectivity index (χ3n) is 5.22. The number of nitrogens with one attached hydrogen (secondary N) is 1. The van der Waals surface area contributed by atoms with Gasteiger partial charge in [0.05, 0.1) is 0 Å². The standard InChI is InChI=1S/C23H25N3O2/c27-21(24-16-15-17-7-2-1-3-8-17)13-14-22-25-23(26-28-22)20-12-6-10-18-9-4-5-11-19(18)20/h4-7,9-12H,1-3,8,13-16H2,(H,24,27). The van der Waals surface area contributed by atoms with Crippen LogP contribution < -0.4 is 5.32 Å².